The Morgan fingerprint density at radius 2 is 1.45 bits per heavy atom. The van der Waals surface area contributed by atoms with E-state index in [1.807, 2.05) is 43.3 Å². The van der Waals surface area contributed by atoms with Crippen molar-refractivity contribution < 1.29 is 4.74 Å². The average Bonchev–Trinajstić information content (AvgIpc) is 2.50. The molecule has 0 aliphatic rings. The van der Waals surface area contributed by atoms with E-state index in [1.54, 1.807) is 0 Å². The predicted molar refractivity (Wildman–Crippen MR) is 98.0 cm³/mol. The van der Waals surface area contributed by atoms with E-state index in [1.165, 1.54) is 5.56 Å². The van der Waals surface area contributed by atoms with E-state index >= 15 is 0 Å². The fourth-order valence-electron chi connectivity index (χ4n) is 2.05. The first-order valence-corrected chi connectivity index (χ1v) is 7.90. The van der Waals surface area contributed by atoms with Crippen LogP contribution in [0.2, 0.25) is 0 Å². The molecular weight excluding hydrogens is 292 g/mol. The molecule has 0 saturated carbocycles. The van der Waals surface area contributed by atoms with E-state index in [9.17, 15) is 0 Å². The van der Waals surface area contributed by atoms with Gasteiger partial charge in [-0.1, -0.05) is 26.0 Å². The molecular formula is C18H22N2OS. The lowest BCUT2D eigenvalue weighted by molar-refractivity contribution is 0.340. The second-order valence-electron chi connectivity index (χ2n) is 5.31. The van der Waals surface area contributed by atoms with Gasteiger partial charge in [0.25, 0.3) is 0 Å². The number of benzene rings is 2. The van der Waals surface area contributed by atoms with Crippen molar-refractivity contribution in [1.29, 1.82) is 0 Å². The summed E-state index contributed by atoms with van der Waals surface area (Å²) in [5.41, 5.74) is 3.23. The van der Waals surface area contributed by atoms with Crippen LogP contribution in [-0.4, -0.2) is 11.7 Å². The largest absolute Gasteiger partial charge is 0.494 e. The molecule has 0 amide bonds. The highest BCUT2D eigenvalue weighted by molar-refractivity contribution is 7.80. The molecule has 0 radical (unpaired) electrons. The third-order valence-corrected chi connectivity index (χ3v) is 3.46. The summed E-state index contributed by atoms with van der Waals surface area (Å²) >= 11 is 5.33. The lowest BCUT2D eigenvalue weighted by atomic mass is 10.0. The highest BCUT2D eigenvalue weighted by Gasteiger charge is 2.02. The lowest BCUT2D eigenvalue weighted by Gasteiger charge is -2.12. The molecule has 0 spiro atoms. The molecule has 2 N–H and O–H groups in total. The van der Waals surface area contributed by atoms with Crippen molar-refractivity contribution in [2.45, 2.75) is 26.7 Å². The summed E-state index contributed by atoms with van der Waals surface area (Å²) < 4.78 is 5.42. The van der Waals surface area contributed by atoms with E-state index in [4.69, 9.17) is 17.0 Å². The number of rotatable bonds is 5. The van der Waals surface area contributed by atoms with Crippen LogP contribution < -0.4 is 15.4 Å². The van der Waals surface area contributed by atoms with Crippen molar-refractivity contribution in [2.75, 3.05) is 17.2 Å². The molecule has 0 heterocycles. The minimum absolute atomic E-state index is 0.531. The van der Waals surface area contributed by atoms with Crippen LogP contribution in [0.1, 0.15) is 32.3 Å². The highest BCUT2D eigenvalue weighted by Crippen LogP contribution is 2.18. The fourth-order valence-corrected chi connectivity index (χ4v) is 2.28. The molecule has 0 bridgehead atoms. The van der Waals surface area contributed by atoms with Gasteiger partial charge in [-0.25, -0.2) is 0 Å². The maximum absolute atomic E-state index is 5.42. The van der Waals surface area contributed by atoms with Crippen molar-refractivity contribution in [1.82, 2.24) is 0 Å². The summed E-state index contributed by atoms with van der Waals surface area (Å²) in [4.78, 5) is 0. The summed E-state index contributed by atoms with van der Waals surface area (Å²) in [7, 11) is 0. The van der Waals surface area contributed by atoms with Gasteiger partial charge >= 0.3 is 0 Å². The number of anilines is 2. The van der Waals surface area contributed by atoms with Crippen LogP contribution in [0.15, 0.2) is 48.5 Å². The number of nitrogens with one attached hydrogen (secondary N) is 2. The number of hydrogen-bond donors (Lipinski definition) is 2. The van der Waals surface area contributed by atoms with Crippen LogP contribution in [0.4, 0.5) is 11.4 Å². The van der Waals surface area contributed by atoms with Crippen molar-refractivity contribution >= 4 is 28.7 Å². The van der Waals surface area contributed by atoms with E-state index in [2.05, 4.69) is 36.6 Å². The third kappa shape index (κ3) is 4.74. The van der Waals surface area contributed by atoms with Gasteiger partial charge in [-0.15, -0.1) is 0 Å². The minimum Gasteiger partial charge on any atom is -0.494 e. The zero-order valence-electron chi connectivity index (χ0n) is 13.2. The molecule has 4 heteroatoms. The van der Waals surface area contributed by atoms with Gasteiger partial charge in [0.15, 0.2) is 5.11 Å². The van der Waals surface area contributed by atoms with E-state index in [0.717, 1.165) is 17.1 Å². The fraction of sp³-hybridized carbons (Fsp3) is 0.278. The van der Waals surface area contributed by atoms with Gasteiger partial charge in [-0.05, 0) is 67.0 Å². The van der Waals surface area contributed by atoms with Crippen molar-refractivity contribution in [3.8, 4) is 5.75 Å². The van der Waals surface area contributed by atoms with Crippen LogP contribution in [0.5, 0.6) is 5.75 Å². The number of thiocarbonyl (C=S) groups is 1. The predicted octanol–water partition coefficient (Wildman–Crippen LogP) is 5.02. The van der Waals surface area contributed by atoms with E-state index in [-0.39, 0.29) is 0 Å². The summed E-state index contributed by atoms with van der Waals surface area (Å²) in [5, 5.41) is 6.92. The first-order chi connectivity index (χ1) is 10.6. The summed E-state index contributed by atoms with van der Waals surface area (Å²) in [6.45, 7) is 7.00. The van der Waals surface area contributed by atoms with Crippen molar-refractivity contribution in [2.24, 2.45) is 0 Å². The Balaban J connectivity index is 1.91. The van der Waals surface area contributed by atoms with Crippen molar-refractivity contribution in [3.63, 3.8) is 0 Å². The minimum atomic E-state index is 0.531. The van der Waals surface area contributed by atoms with Gasteiger partial charge < -0.3 is 15.4 Å². The van der Waals surface area contributed by atoms with Crippen LogP contribution in [0, 0.1) is 0 Å². The Labute approximate surface area is 137 Å². The topological polar surface area (TPSA) is 33.3 Å². The van der Waals surface area contributed by atoms with E-state index in [0.29, 0.717) is 17.6 Å². The molecule has 0 aromatic heterocycles. The number of ether oxygens (including phenoxy) is 1. The Morgan fingerprint density at radius 3 is 1.91 bits per heavy atom. The monoisotopic (exact) mass is 314 g/mol. The van der Waals surface area contributed by atoms with Crippen LogP contribution in [-0.2, 0) is 0 Å². The van der Waals surface area contributed by atoms with Gasteiger partial charge in [0, 0.05) is 11.4 Å². The Hall–Kier alpha value is -2.07. The van der Waals surface area contributed by atoms with Gasteiger partial charge in [0.05, 0.1) is 6.61 Å². The Kier molecular flexibility index (Phi) is 5.78. The summed E-state index contributed by atoms with van der Waals surface area (Å²) in [6.07, 6.45) is 0. The maximum atomic E-state index is 5.42. The van der Waals surface area contributed by atoms with E-state index < -0.39 is 0 Å². The second-order valence-corrected chi connectivity index (χ2v) is 5.72. The quantitative estimate of drug-likeness (QED) is 0.759. The first-order valence-electron chi connectivity index (χ1n) is 7.49. The molecule has 3 nitrogen and oxygen atoms in total. The standard InChI is InChI=1S/C18H22N2OS/c1-4-21-17-11-9-16(10-12-17)20-18(22)19-15-7-5-14(6-8-15)13(2)3/h5-13H,4H2,1-3H3,(H2,19,20,22). The SMILES string of the molecule is CCOc1ccc(NC(=S)Nc2ccc(C(C)C)cc2)cc1. The van der Waals surface area contributed by atoms with Gasteiger partial charge in [-0.2, -0.15) is 0 Å². The van der Waals surface area contributed by atoms with Crippen LogP contribution >= 0.6 is 12.2 Å². The van der Waals surface area contributed by atoms with Crippen molar-refractivity contribution in [3.05, 3.63) is 54.1 Å². The molecule has 116 valence electrons. The first kappa shape index (κ1) is 16.3. The third-order valence-electron chi connectivity index (χ3n) is 3.26. The zero-order chi connectivity index (χ0) is 15.9. The molecule has 0 aliphatic carbocycles. The zero-order valence-corrected chi connectivity index (χ0v) is 14.0. The second kappa shape index (κ2) is 7.80. The average molecular weight is 314 g/mol. The van der Waals surface area contributed by atoms with Gasteiger partial charge in [-0.3, -0.25) is 0 Å². The molecule has 0 atom stereocenters. The molecule has 22 heavy (non-hydrogen) atoms. The summed E-state index contributed by atoms with van der Waals surface area (Å²) in [5.74, 6) is 1.39. The van der Waals surface area contributed by atoms with Crippen LogP contribution in [0.3, 0.4) is 0 Å². The molecule has 2 rings (SSSR count). The molecule has 2 aromatic rings. The Morgan fingerprint density at radius 1 is 0.955 bits per heavy atom. The highest BCUT2D eigenvalue weighted by atomic mass is 32.1. The maximum Gasteiger partial charge on any atom is 0.175 e. The molecule has 2 aromatic carbocycles. The molecule has 0 saturated heterocycles. The Bertz CT molecular complexity index is 606. The summed E-state index contributed by atoms with van der Waals surface area (Å²) in [6, 6.07) is 16.1. The molecule has 0 aliphatic heterocycles. The van der Waals surface area contributed by atoms with Gasteiger partial charge in [0.2, 0.25) is 0 Å². The normalized spacial score (nSPS) is 10.4. The molecule has 0 fully saturated rings. The van der Waals surface area contributed by atoms with Crippen LogP contribution in [0.25, 0.3) is 0 Å². The smallest absolute Gasteiger partial charge is 0.175 e. The van der Waals surface area contributed by atoms with Gasteiger partial charge in [0.1, 0.15) is 5.75 Å². The molecule has 0 unspecified atom stereocenters. The lowest BCUT2D eigenvalue weighted by Crippen LogP contribution is -2.18. The number of hydrogen-bond acceptors (Lipinski definition) is 2.